The van der Waals surface area contributed by atoms with E-state index >= 15 is 0 Å². The topological polar surface area (TPSA) is 49.4 Å². The Kier molecular flexibility index (Phi) is 3.60. The Bertz CT molecular complexity index is 633. The van der Waals surface area contributed by atoms with Gasteiger partial charge in [0.05, 0.1) is 11.4 Å². The van der Waals surface area contributed by atoms with Crippen LogP contribution in [0.2, 0.25) is 0 Å². The Morgan fingerprint density at radius 3 is 2.76 bits per heavy atom. The summed E-state index contributed by atoms with van der Waals surface area (Å²) in [5, 5.41) is 3.29. The second kappa shape index (κ2) is 5.56. The van der Waals surface area contributed by atoms with E-state index < -0.39 is 0 Å². The van der Waals surface area contributed by atoms with Crippen molar-refractivity contribution >= 4 is 23.1 Å². The second-order valence-corrected chi connectivity index (χ2v) is 5.44. The lowest BCUT2D eigenvalue weighted by Crippen LogP contribution is -2.45. The summed E-state index contributed by atoms with van der Waals surface area (Å²) < 4.78 is 0. The number of amides is 1. The minimum absolute atomic E-state index is 0.0523. The minimum atomic E-state index is -0.267. The molecule has 1 aliphatic carbocycles. The summed E-state index contributed by atoms with van der Waals surface area (Å²) in [7, 11) is 1.80. The number of anilines is 2. The van der Waals surface area contributed by atoms with Gasteiger partial charge in [-0.3, -0.25) is 9.59 Å². The van der Waals surface area contributed by atoms with Gasteiger partial charge in [-0.2, -0.15) is 0 Å². The number of rotatable bonds is 3. The summed E-state index contributed by atoms with van der Waals surface area (Å²) in [4.78, 5) is 25.8. The fraction of sp³-hybridized carbons (Fsp3) is 0.294. The number of likely N-dealkylation sites (N-methyl/N-ethyl adjacent to an activating group) is 1. The van der Waals surface area contributed by atoms with Crippen molar-refractivity contribution in [1.82, 2.24) is 0 Å². The molecule has 2 unspecified atom stereocenters. The van der Waals surface area contributed by atoms with E-state index in [1.165, 1.54) is 0 Å². The van der Waals surface area contributed by atoms with E-state index in [1.807, 2.05) is 36.4 Å². The van der Waals surface area contributed by atoms with Crippen molar-refractivity contribution in [3.05, 3.63) is 48.6 Å². The minimum Gasteiger partial charge on any atom is -0.372 e. The number of ketones is 1. The number of hydrogen-bond acceptors (Lipinski definition) is 3. The largest absolute Gasteiger partial charge is 0.372 e. The lowest BCUT2D eigenvalue weighted by molar-refractivity contribution is -0.120. The zero-order valence-corrected chi connectivity index (χ0v) is 12.0. The van der Waals surface area contributed by atoms with Crippen LogP contribution in [0.5, 0.6) is 0 Å². The van der Waals surface area contributed by atoms with Crippen molar-refractivity contribution in [2.24, 2.45) is 5.92 Å². The Labute approximate surface area is 124 Å². The number of carbonyl (C=O) groups excluding carboxylic acids is 2. The first-order valence-electron chi connectivity index (χ1n) is 7.18. The predicted molar refractivity (Wildman–Crippen MR) is 83.3 cm³/mol. The third-order valence-electron chi connectivity index (χ3n) is 4.07. The lowest BCUT2D eigenvalue weighted by Gasteiger charge is -2.33. The number of benzene rings is 1. The van der Waals surface area contributed by atoms with Crippen molar-refractivity contribution < 1.29 is 9.59 Å². The van der Waals surface area contributed by atoms with Crippen LogP contribution in [0.4, 0.5) is 11.4 Å². The number of para-hydroxylation sites is 2. The first-order valence-corrected chi connectivity index (χ1v) is 7.18. The summed E-state index contributed by atoms with van der Waals surface area (Å²) in [6.45, 7) is 0. The van der Waals surface area contributed by atoms with E-state index in [2.05, 4.69) is 5.32 Å². The zero-order valence-electron chi connectivity index (χ0n) is 12.0. The predicted octanol–water partition coefficient (Wildman–Crippen LogP) is 2.54. The van der Waals surface area contributed by atoms with Gasteiger partial charge in [0, 0.05) is 13.0 Å². The van der Waals surface area contributed by atoms with Gasteiger partial charge >= 0.3 is 0 Å². The molecule has 1 heterocycles. The molecule has 108 valence electrons. The molecule has 1 aliphatic heterocycles. The molecule has 0 saturated heterocycles. The molecule has 0 saturated carbocycles. The van der Waals surface area contributed by atoms with Crippen LogP contribution in [0.15, 0.2) is 48.6 Å². The van der Waals surface area contributed by atoms with Crippen LogP contribution >= 0.6 is 0 Å². The quantitative estimate of drug-likeness (QED) is 0.927. The molecule has 0 spiro atoms. The molecular formula is C17H18N2O2. The Balaban J connectivity index is 1.70. The van der Waals surface area contributed by atoms with Crippen molar-refractivity contribution in [2.75, 3.05) is 17.3 Å². The van der Waals surface area contributed by atoms with Gasteiger partial charge in [-0.15, -0.1) is 0 Å². The van der Waals surface area contributed by atoms with E-state index in [-0.39, 0.29) is 23.7 Å². The molecule has 2 aliphatic rings. The van der Waals surface area contributed by atoms with Crippen LogP contribution in [0, 0.1) is 5.92 Å². The SMILES string of the molecule is CN1C(=O)C(CCC2C=CC=CC2=O)Nc2ccccc21. The third kappa shape index (κ3) is 2.61. The molecule has 0 aromatic heterocycles. The van der Waals surface area contributed by atoms with Crippen LogP contribution in [0.3, 0.4) is 0 Å². The van der Waals surface area contributed by atoms with Gasteiger partial charge in [-0.05, 0) is 31.1 Å². The van der Waals surface area contributed by atoms with E-state index in [1.54, 1.807) is 24.1 Å². The highest BCUT2D eigenvalue weighted by molar-refractivity contribution is 6.04. The van der Waals surface area contributed by atoms with Crippen molar-refractivity contribution in [3.8, 4) is 0 Å². The maximum absolute atomic E-state index is 12.4. The van der Waals surface area contributed by atoms with E-state index in [0.717, 1.165) is 11.4 Å². The molecule has 3 rings (SSSR count). The fourth-order valence-corrected chi connectivity index (χ4v) is 2.84. The Morgan fingerprint density at radius 2 is 1.95 bits per heavy atom. The number of hydrogen-bond donors (Lipinski definition) is 1. The highest BCUT2D eigenvalue weighted by Crippen LogP contribution is 2.31. The Hall–Kier alpha value is -2.36. The van der Waals surface area contributed by atoms with E-state index in [9.17, 15) is 9.59 Å². The third-order valence-corrected chi connectivity index (χ3v) is 4.07. The standard InChI is InChI=1S/C17H18N2O2/c1-19-15-8-4-3-7-13(15)18-14(17(19)21)11-10-12-6-2-5-9-16(12)20/h2-9,12,14,18H,10-11H2,1H3. The molecule has 4 heteroatoms. The Morgan fingerprint density at radius 1 is 1.14 bits per heavy atom. The number of allylic oxidation sites excluding steroid dienone is 4. The van der Waals surface area contributed by atoms with Gasteiger partial charge < -0.3 is 10.2 Å². The highest BCUT2D eigenvalue weighted by atomic mass is 16.2. The fourth-order valence-electron chi connectivity index (χ4n) is 2.84. The van der Waals surface area contributed by atoms with Crippen LogP contribution in [-0.4, -0.2) is 24.8 Å². The number of nitrogens with one attached hydrogen (secondary N) is 1. The zero-order chi connectivity index (χ0) is 14.8. The molecule has 1 N–H and O–H groups in total. The average Bonchev–Trinajstić information content (AvgIpc) is 2.51. The highest BCUT2D eigenvalue weighted by Gasteiger charge is 2.30. The van der Waals surface area contributed by atoms with E-state index in [0.29, 0.717) is 12.8 Å². The maximum Gasteiger partial charge on any atom is 0.249 e. The average molecular weight is 282 g/mol. The lowest BCUT2D eigenvalue weighted by atomic mass is 9.91. The summed E-state index contributed by atoms with van der Waals surface area (Å²) >= 11 is 0. The number of fused-ring (bicyclic) bond motifs is 1. The van der Waals surface area contributed by atoms with Gasteiger partial charge in [0.2, 0.25) is 5.91 Å². The van der Waals surface area contributed by atoms with Crippen molar-refractivity contribution in [1.29, 1.82) is 0 Å². The first-order chi connectivity index (χ1) is 10.2. The smallest absolute Gasteiger partial charge is 0.249 e. The second-order valence-electron chi connectivity index (χ2n) is 5.44. The van der Waals surface area contributed by atoms with E-state index in [4.69, 9.17) is 0 Å². The van der Waals surface area contributed by atoms with Crippen LogP contribution in [0.1, 0.15) is 12.8 Å². The molecule has 1 amide bonds. The van der Waals surface area contributed by atoms with Crippen molar-refractivity contribution in [2.45, 2.75) is 18.9 Å². The van der Waals surface area contributed by atoms with Crippen molar-refractivity contribution in [3.63, 3.8) is 0 Å². The number of nitrogens with zero attached hydrogens (tertiary/aromatic N) is 1. The molecule has 4 nitrogen and oxygen atoms in total. The van der Waals surface area contributed by atoms with Gasteiger partial charge in [0.25, 0.3) is 0 Å². The normalized spacial score (nSPS) is 24.0. The van der Waals surface area contributed by atoms with Crippen LogP contribution < -0.4 is 10.2 Å². The first kappa shape index (κ1) is 13.6. The van der Waals surface area contributed by atoms with Gasteiger partial charge in [-0.25, -0.2) is 0 Å². The van der Waals surface area contributed by atoms with Gasteiger partial charge in [0.1, 0.15) is 6.04 Å². The molecule has 1 aromatic rings. The molecule has 2 atom stereocenters. The molecule has 0 fully saturated rings. The summed E-state index contributed by atoms with van der Waals surface area (Å²) in [5.41, 5.74) is 1.87. The molecule has 0 radical (unpaired) electrons. The summed E-state index contributed by atoms with van der Waals surface area (Å²) in [6, 6.07) is 7.50. The van der Waals surface area contributed by atoms with Crippen LogP contribution in [-0.2, 0) is 9.59 Å². The summed E-state index contributed by atoms with van der Waals surface area (Å²) in [5.74, 6) is 0.0677. The molecule has 21 heavy (non-hydrogen) atoms. The monoisotopic (exact) mass is 282 g/mol. The maximum atomic E-state index is 12.4. The van der Waals surface area contributed by atoms with Gasteiger partial charge in [-0.1, -0.05) is 30.4 Å². The van der Waals surface area contributed by atoms with Gasteiger partial charge in [0.15, 0.2) is 5.78 Å². The summed E-state index contributed by atoms with van der Waals surface area (Å²) in [6.07, 6.45) is 8.48. The number of carbonyl (C=O) groups is 2. The van der Waals surface area contributed by atoms with Crippen LogP contribution in [0.25, 0.3) is 0 Å². The molecule has 1 aromatic carbocycles. The molecular weight excluding hydrogens is 264 g/mol. The molecule has 0 bridgehead atoms.